The number of hydrogen-bond acceptors (Lipinski definition) is 11. The molecule has 18 heteroatoms. The van der Waals surface area contributed by atoms with E-state index in [-0.39, 0.29) is 16.7 Å². The van der Waals surface area contributed by atoms with E-state index >= 15 is 0 Å². The summed E-state index contributed by atoms with van der Waals surface area (Å²) in [6.07, 6.45) is 0. The number of aromatic nitrogens is 3. The van der Waals surface area contributed by atoms with Gasteiger partial charge in [-0.05, 0) is 41.9 Å². The SMILES string of the molecule is O=[N+]([O-])c1cc(Nc2nc(Cl)nc(Nc3cc(S(=O)(=O)O)ccc3S(=O)(=O)O)n2)ccc1Cl. The lowest BCUT2D eigenvalue weighted by Gasteiger charge is -2.12. The normalized spacial score (nSPS) is 11.8. The molecule has 0 fully saturated rings. The van der Waals surface area contributed by atoms with Crippen LogP contribution in [-0.2, 0) is 20.2 Å². The van der Waals surface area contributed by atoms with Crippen LogP contribution < -0.4 is 10.6 Å². The Balaban J connectivity index is 2.02. The summed E-state index contributed by atoms with van der Waals surface area (Å²) < 4.78 is 64.7. The molecular weight excluding hydrogens is 527 g/mol. The van der Waals surface area contributed by atoms with Crippen LogP contribution in [0, 0.1) is 10.1 Å². The number of halogens is 2. The molecule has 0 radical (unpaired) electrons. The van der Waals surface area contributed by atoms with Gasteiger partial charge >= 0.3 is 0 Å². The smallest absolute Gasteiger partial charge is 0.296 e. The minimum Gasteiger partial charge on any atom is -0.324 e. The highest BCUT2D eigenvalue weighted by atomic mass is 35.5. The summed E-state index contributed by atoms with van der Waals surface area (Å²) in [5, 5.41) is 15.5. The third kappa shape index (κ3) is 6.01. The van der Waals surface area contributed by atoms with Gasteiger partial charge in [0.2, 0.25) is 17.2 Å². The number of anilines is 4. The average molecular weight is 537 g/mol. The number of hydrogen-bond donors (Lipinski definition) is 4. The van der Waals surface area contributed by atoms with Crippen molar-refractivity contribution >= 4 is 72.4 Å². The molecular formula is C15H10Cl2N6O8S2. The maximum atomic E-state index is 11.6. The Hall–Kier alpha value is -3.15. The summed E-state index contributed by atoms with van der Waals surface area (Å²) in [7, 11) is -9.56. The molecule has 0 saturated heterocycles. The summed E-state index contributed by atoms with van der Waals surface area (Å²) in [6.45, 7) is 0. The van der Waals surface area contributed by atoms with Crippen molar-refractivity contribution in [2.45, 2.75) is 9.79 Å². The Morgan fingerprint density at radius 2 is 1.52 bits per heavy atom. The van der Waals surface area contributed by atoms with E-state index in [1.165, 1.54) is 12.1 Å². The van der Waals surface area contributed by atoms with E-state index in [4.69, 9.17) is 23.2 Å². The first kappa shape index (κ1) is 24.5. The molecule has 0 amide bonds. The number of benzene rings is 2. The van der Waals surface area contributed by atoms with Gasteiger partial charge in [0.15, 0.2) is 0 Å². The zero-order chi connectivity index (χ0) is 24.6. The molecule has 2 aromatic carbocycles. The van der Waals surface area contributed by atoms with E-state index in [0.29, 0.717) is 6.07 Å². The summed E-state index contributed by atoms with van der Waals surface area (Å²) in [5.41, 5.74) is -0.769. The lowest BCUT2D eigenvalue weighted by Crippen LogP contribution is -2.09. The van der Waals surface area contributed by atoms with E-state index in [1.807, 2.05) is 0 Å². The average Bonchev–Trinajstić information content (AvgIpc) is 2.67. The molecule has 1 heterocycles. The Bertz CT molecular complexity index is 1480. The molecule has 3 rings (SSSR count). The van der Waals surface area contributed by atoms with Crippen LogP contribution in [0.4, 0.5) is 29.0 Å². The quantitative estimate of drug-likeness (QED) is 0.194. The van der Waals surface area contributed by atoms with Crippen molar-refractivity contribution < 1.29 is 30.9 Å². The van der Waals surface area contributed by atoms with Crippen molar-refractivity contribution in [3.63, 3.8) is 0 Å². The molecule has 0 aliphatic rings. The molecule has 3 aromatic rings. The standard InChI is InChI=1S/C15H10Cl2N6O8S2/c16-9-3-1-7(5-11(9)23(24)25)18-14-20-13(17)21-15(22-14)19-10-6-8(32(26,27)28)2-4-12(10)33(29,30)31/h1-6H,(H,26,27,28)(H,29,30,31)(H2,18,19,20,21,22). The zero-order valence-electron chi connectivity index (χ0n) is 15.7. The highest BCUT2D eigenvalue weighted by Gasteiger charge is 2.21. The van der Waals surface area contributed by atoms with Gasteiger partial charge in [0.05, 0.1) is 15.5 Å². The maximum Gasteiger partial charge on any atom is 0.296 e. The summed E-state index contributed by atoms with van der Waals surface area (Å²) in [5.74, 6) is -0.646. The highest BCUT2D eigenvalue weighted by molar-refractivity contribution is 7.86. The number of rotatable bonds is 7. The van der Waals surface area contributed by atoms with Crippen LogP contribution in [0.1, 0.15) is 0 Å². The fourth-order valence-electron chi connectivity index (χ4n) is 2.43. The predicted octanol–water partition coefficient (Wildman–Crippen LogP) is 3.07. The second-order valence-corrected chi connectivity index (χ2v) is 9.59. The van der Waals surface area contributed by atoms with E-state index in [0.717, 1.165) is 18.2 Å². The van der Waals surface area contributed by atoms with Crippen molar-refractivity contribution in [2.75, 3.05) is 10.6 Å². The van der Waals surface area contributed by atoms with Gasteiger partial charge in [0, 0.05) is 11.8 Å². The monoisotopic (exact) mass is 536 g/mol. The van der Waals surface area contributed by atoms with Gasteiger partial charge in [-0.15, -0.1) is 0 Å². The fraction of sp³-hybridized carbons (Fsp3) is 0. The number of nitro benzene ring substituents is 1. The predicted molar refractivity (Wildman–Crippen MR) is 116 cm³/mol. The minimum atomic E-state index is -4.84. The molecule has 174 valence electrons. The molecule has 0 spiro atoms. The molecule has 0 bridgehead atoms. The number of nitrogens with zero attached hydrogens (tertiary/aromatic N) is 4. The maximum absolute atomic E-state index is 11.6. The highest BCUT2D eigenvalue weighted by Crippen LogP contribution is 2.30. The topological polar surface area (TPSA) is 215 Å². The third-order valence-corrected chi connectivity index (χ3v) is 6.03. The van der Waals surface area contributed by atoms with Gasteiger partial charge in [-0.1, -0.05) is 11.6 Å². The van der Waals surface area contributed by atoms with E-state index in [1.54, 1.807) is 0 Å². The van der Waals surface area contributed by atoms with Crippen LogP contribution in [0.5, 0.6) is 0 Å². The molecule has 0 aliphatic heterocycles. The van der Waals surface area contributed by atoms with E-state index in [9.17, 15) is 36.1 Å². The van der Waals surface area contributed by atoms with Crippen LogP contribution in [0.25, 0.3) is 0 Å². The zero-order valence-corrected chi connectivity index (χ0v) is 18.8. The Labute approximate surface area is 195 Å². The first-order valence-corrected chi connectivity index (χ1v) is 11.9. The van der Waals surface area contributed by atoms with Crippen molar-refractivity contribution in [3.05, 3.63) is 56.8 Å². The van der Waals surface area contributed by atoms with Crippen LogP contribution in [0.3, 0.4) is 0 Å². The van der Waals surface area contributed by atoms with Gasteiger partial charge in [0.1, 0.15) is 9.92 Å². The van der Waals surface area contributed by atoms with Crippen molar-refractivity contribution in [2.24, 2.45) is 0 Å². The van der Waals surface area contributed by atoms with Crippen molar-refractivity contribution in [1.29, 1.82) is 0 Å². The molecule has 0 saturated carbocycles. The summed E-state index contributed by atoms with van der Waals surface area (Å²) in [4.78, 5) is 20.3. The first-order chi connectivity index (χ1) is 15.2. The van der Waals surface area contributed by atoms with Crippen LogP contribution in [0.15, 0.2) is 46.2 Å². The first-order valence-electron chi connectivity index (χ1n) is 8.22. The summed E-state index contributed by atoms with van der Waals surface area (Å²) in [6, 6.07) is 5.93. The second-order valence-electron chi connectivity index (χ2n) is 6.03. The van der Waals surface area contributed by atoms with Crippen LogP contribution in [-0.4, -0.2) is 45.8 Å². The Morgan fingerprint density at radius 1 is 0.879 bits per heavy atom. The molecule has 0 atom stereocenters. The Kier molecular flexibility index (Phi) is 6.68. The number of nitro groups is 1. The molecule has 1 aromatic heterocycles. The van der Waals surface area contributed by atoms with Crippen molar-refractivity contribution in [3.8, 4) is 0 Å². The molecule has 14 nitrogen and oxygen atoms in total. The summed E-state index contributed by atoms with van der Waals surface area (Å²) >= 11 is 11.6. The van der Waals surface area contributed by atoms with Gasteiger partial charge in [-0.2, -0.15) is 31.8 Å². The molecule has 0 unspecified atom stereocenters. The van der Waals surface area contributed by atoms with Crippen LogP contribution in [0.2, 0.25) is 10.3 Å². The Morgan fingerprint density at radius 3 is 2.09 bits per heavy atom. The number of nitrogens with one attached hydrogen (secondary N) is 2. The van der Waals surface area contributed by atoms with Gasteiger partial charge in [0.25, 0.3) is 25.9 Å². The molecule has 0 aliphatic carbocycles. The van der Waals surface area contributed by atoms with E-state index < -0.39 is 57.6 Å². The van der Waals surface area contributed by atoms with Gasteiger partial charge in [-0.3, -0.25) is 19.2 Å². The van der Waals surface area contributed by atoms with Gasteiger partial charge in [-0.25, -0.2) is 0 Å². The molecule has 4 N–H and O–H groups in total. The largest absolute Gasteiger partial charge is 0.324 e. The molecule has 33 heavy (non-hydrogen) atoms. The lowest BCUT2D eigenvalue weighted by molar-refractivity contribution is -0.384. The van der Waals surface area contributed by atoms with E-state index in [2.05, 4.69) is 25.6 Å². The second kappa shape index (κ2) is 9.00. The third-order valence-electron chi connectivity index (χ3n) is 3.78. The van der Waals surface area contributed by atoms with Crippen LogP contribution >= 0.6 is 23.2 Å². The fourth-order valence-corrected chi connectivity index (χ4v) is 3.92. The van der Waals surface area contributed by atoms with Crippen molar-refractivity contribution in [1.82, 2.24) is 15.0 Å². The van der Waals surface area contributed by atoms with Gasteiger partial charge < -0.3 is 10.6 Å². The lowest BCUT2D eigenvalue weighted by atomic mass is 10.3. The minimum absolute atomic E-state index is 0.113.